The summed E-state index contributed by atoms with van der Waals surface area (Å²) in [6.07, 6.45) is 4.33. The zero-order chi connectivity index (χ0) is 14.1. The second-order valence-corrected chi connectivity index (χ2v) is 6.94. The summed E-state index contributed by atoms with van der Waals surface area (Å²) >= 11 is 0. The fourth-order valence-corrected chi connectivity index (χ4v) is 2.97. The molecule has 110 valence electrons. The van der Waals surface area contributed by atoms with Crippen molar-refractivity contribution < 1.29 is 14.4 Å². The van der Waals surface area contributed by atoms with Gasteiger partial charge in [-0.05, 0) is 52.4 Å². The van der Waals surface area contributed by atoms with Crippen LogP contribution < -0.4 is 5.90 Å². The van der Waals surface area contributed by atoms with Crippen molar-refractivity contribution in [1.29, 1.82) is 0 Å². The molecule has 1 saturated carbocycles. The average molecular weight is 270 g/mol. The van der Waals surface area contributed by atoms with Gasteiger partial charge in [0.1, 0.15) is 5.60 Å². The van der Waals surface area contributed by atoms with Crippen LogP contribution in [-0.2, 0) is 9.57 Å². The van der Waals surface area contributed by atoms with E-state index in [2.05, 4.69) is 0 Å². The topological polar surface area (TPSA) is 64.8 Å². The van der Waals surface area contributed by atoms with Gasteiger partial charge in [-0.25, -0.2) is 10.7 Å². The van der Waals surface area contributed by atoms with Crippen molar-refractivity contribution in [2.45, 2.75) is 52.1 Å². The minimum Gasteiger partial charge on any atom is -0.444 e. The molecule has 0 aromatic carbocycles. The Morgan fingerprint density at radius 1 is 1.42 bits per heavy atom. The van der Waals surface area contributed by atoms with E-state index >= 15 is 0 Å². The van der Waals surface area contributed by atoms with Crippen LogP contribution in [0.5, 0.6) is 0 Å². The van der Waals surface area contributed by atoms with Crippen LogP contribution in [0.25, 0.3) is 0 Å². The zero-order valence-corrected chi connectivity index (χ0v) is 12.3. The number of nitrogens with two attached hydrogens (primary N) is 1. The molecule has 2 aliphatic rings. The fourth-order valence-electron chi connectivity index (χ4n) is 2.97. The number of ether oxygens (including phenoxy) is 1. The highest BCUT2D eigenvalue weighted by Gasteiger charge is 2.50. The molecule has 1 saturated heterocycles. The Hall–Kier alpha value is -0.810. The molecule has 2 N–H and O–H groups in total. The van der Waals surface area contributed by atoms with Crippen molar-refractivity contribution in [2.75, 3.05) is 19.7 Å². The molecule has 0 bridgehead atoms. The predicted octanol–water partition coefficient (Wildman–Crippen LogP) is 2.30. The Morgan fingerprint density at radius 2 is 2.11 bits per heavy atom. The molecule has 0 aromatic rings. The number of rotatable bonds is 3. The molecule has 2 rings (SSSR count). The van der Waals surface area contributed by atoms with E-state index in [0.717, 1.165) is 38.8 Å². The number of carbonyl (C=O) groups excluding carboxylic acids is 1. The third-order valence-electron chi connectivity index (χ3n) is 4.20. The lowest BCUT2D eigenvalue weighted by Crippen LogP contribution is -2.45. The average Bonchev–Trinajstić information content (AvgIpc) is 3.09. The van der Waals surface area contributed by atoms with Gasteiger partial charge >= 0.3 is 6.09 Å². The normalized spacial score (nSPS) is 26.1. The molecule has 5 heteroatoms. The fraction of sp³-hybridized carbons (Fsp3) is 0.929. The molecule has 1 aliphatic heterocycles. The van der Waals surface area contributed by atoms with Crippen LogP contribution >= 0.6 is 0 Å². The van der Waals surface area contributed by atoms with E-state index in [4.69, 9.17) is 15.5 Å². The highest BCUT2D eigenvalue weighted by atomic mass is 16.6. The van der Waals surface area contributed by atoms with Crippen LogP contribution in [0.15, 0.2) is 0 Å². The molecule has 0 radical (unpaired) electrons. The van der Waals surface area contributed by atoms with Gasteiger partial charge in [-0.15, -0.1) is 0 Å². The second kappa shape index (κ2) is 5.29. The summed E-state index contributed by atoms with van der Waals surface area (Å²) in [5, 5.41) is 0. The van der Waals surface area contributed by atoms with E-state index in [-0.39, 0.29) is 11.5 Å². The first kappa shape index (κ1) is 14.6. The molecule has 1 atom stereocenters. The van der Waals surface area contributed by atoms with Crippen LogP contribution in [0.1, 0.15) is 46.5 Å². The van der Waals surface area contributed by atoms with E-state index < -0.39 is 5.60 Å². The van der Waals surface area contributed by atoms with Crippen molar-refractivity contribution in [3.63, 3.8) is 0 Å². The molecule has 5 nitrogen and oxygen atoms in total. The monoisotopic (exact) mass is 270 g/mol. The van der Waals surface area contributed by atoms with Gasteiger partial charge in [-0.1, -0.05) is 0 Å². The van der Waals surface area contributed by atoms with Crippen molar-refractivity contribution in [3.05, 3.63) is 0 Å². The highest BCUT2D eigenvalue weighted by Crippen LogP contribution is 2.54. The molecular weight excluding hydrogens is 244 g/mol. The Kier molecular flexibility index (Phi) is 4.06. The maximum absolute atomic E-state index is 12.1. The SMILES string of the molecule is CC(C)(C)OC(=O)N1CCCC(C2(CON)CC2)C1. The van der Waals surface area contributed by atoms with E-state index in [0.29, 0.717) is 12.5 Å². The third kappa shape index (κ3) is 3.60. The lowest BCUT2D eigenvalue weighted by Gasteiger charge is -2.37. The van der Waals surface area contributed by atoms with Crippen LogP contribution in [0.2, 0.25) is 0 Å². The number of likely N-dealkylation sites (tertiary alicyclic amines) is 1. The maximum atomic E-state index is 12.1. The number of nitrogens with zero attached hydrogens (tertiary/aromatic N) is 1. The smallest absolute Gasteiger partial charge is 0.410 e. The molecule has 0 spiro atoms. The van der Waals surface area contributed by atoms with E-state index in [1.807, 2.05) is 25.7 Å². The van der Waals surface area contributed by atoms with E-state index in [9.17, 15) is 4.79 Å². The number of hydrogen-bond acceptors (Lipinski definition) is 4. The molecule has 1 unspecified atom stereocenters. The van der Waals surface area contributed by atoms with Gasteiger partial charge < -0.3 is 14.5 Å². The first-order valence-electron chi connectivity index (χ1n) is 7.16. The van der Waals surface area contributed by atoms with Gasteiger partial charge in [0, 0.05) is 18.5 Å². The Bertz CT molecular complexity index is 334. The van der Waals surface area contributed by atoms with Gasteiger partial charge in [0.25, 0.3) is 0 Å². The summed E-state index contributed by atoms with van der Waals surface area (Å²) < 4.78 is 5.45. The minimum absolute atomic E-state index is 0.193. The first-order chi connectivity index (χ1) is 8.86. The van der Waals surface area contributed by atoms with Gasteiger partial charge in [0.05, 0.1) is 6.61 Å². The van der Waals surface area contributed by atoms with Crippen LogP contribution in [0.3, 0.4) is 0 Å². The number of carbonyl (C=O) groups is 1. The Balaban J connectivity index is 1.92. The van der Waals surface area contributed by atoms with Gasteiger partial charge in [-0.3, -0.25) is 0 Å². The van der Waals surface area contributed by atoms with E-state index in [1.54, 1.807) is 0 Å². The molecule has 19 heavy (non-hydrogen) atoms. The molecular formula is C14H26N2O3. The molecule has 1 amide bonds. The molecule has 0 aromatic heterocycles. The summed E-state index contributed by atoms with van der Waals surface area (Å²) in [6.45, 7) is 7.88. The van der Waals surface area contributed by atoms with Crippen molar-refractivity contribution in [2.24, 2.45) is 17.2 Å². The van der Waals surface area contributed by atoms with E-state index in [1.165, 1.54) is 0 Å². The second-order valence-electron chi connectivity index (χ2n) is 6.94. The Labute approximate surface area is 115 Å². The molecule has 1 heterocycles. The lowest BCUT2D eigenvalue weighted by molar-refractivity contribution is 0.00130. The summed E-state index contributed by atoms with van der Waals surface area (Å²) in [4.78, 5) is 18.8. The zero-order valence-electron chi connectivity index (χ0n) is 12.3. The largest absolute Gasteiger partial charge is 0.444 e. The van der Waals surface area contributed by atoms with Crippen molar-refractivity contribution in [3.8, 4) is 0 Å². The van der Waals surface area contributed by atoms with Crippen LogP contribution in [-0.4, -0.2) is 36.3 Å². The van der Waals surface area contributed by atoms with Gasteiger partial charge in [-0.2, -0.15) is 0 Å². The Morgan fingerprint density at radius 3 is 2.63 bits per heavy atom. The standard InChI is InChI=1S/C14H26N2O3/c1-13(2,3)19-12(17)16-8-4-5-11(9-16)14(6-7-14)10-18-15/h11H,4-10,15H2,1-3H3. The molecule has 2 fully saturated rings. The lowest BCUT2D eigenvalue weighted by atomic mass is 9.83. The summed E-state index contributed by atoms with van der Waals surface area (Å²) in [7, 11) is 0. The van der Waals surface area contributed by atoms with Crippen molar-refractivity contribution in [1.82, 2.24) is 4.90 Å². The van der Waals surface area contributed by atoms with Gasteiger partial charge in [0.2, 0.25) is 0 Å². The van der Waals surface area contributed by atoms with Gasteiger partial charge in [0.15, 0.2) is 0 Å². The molecule has 1 aliphatic carbocycles. The number of piperidine rings is 1. The van der Waals surface area contributed by atoms with Crippen LogP contribution in [0.4, 0.5) is 4.79 Å². The maximum Gasteiger partial charge on any atom is 0.410 e. The summed E-state index contributed by atoms with van der Waals surface area (Å²) in [5.41, 5.74) is -0.211. The predicted molar refractivity (Wildman–Crippen MR) is 72.3 cm³/mol. The summed E-state index contributed by atoms with van der Waals surface area (Å²) in [5.74, 6) is 5.73. The highest BCUT2D eigenvalue weighted by molar-refractivity contribution is 5.68. The van der Waals surface area contributed by atoms with Crippen LogP contribution in [0, 0.1) is 11.3 Å². The van der Waals surface area contributed by atoms with Crippen molar-refractivity contribution >= 4 is 6.09 Å². The first-order valence-corrected chi connectivity index (χ1v) is 7.16. The minimum atomic E-state index is -0.429. The number of hydrogen-bond donors (Lipinski definition) is 1. The number of amides is 1. The summed E-state index contributed by atoms with van der Waals surface area (Å²) in [6, 6.07) is 0. The quantitative estimate of drug-likeness (QED) is 0.799. The third-order valence-corrected chi connectivity index (χ3v) is 4.20.